The Morgan fingerprint density at radius 2 is 2.24 bits per heavy atom. The highest BCUT2D eigenvalue weighted by Crippen LogP contribution is 2.35. The van der Waals surface area contributed by atoms with Gasteiger partial charge in [-0.05, 0) is 31.2 Å². The van der Waals surface area contributed by atoms with Gasteiger partial charge in [0.2, 0.25) is 6.79 Å². The number of nitrogens with one attached hydrogen (secondary N) is 1. The molecule has 6 heteroatoms. The highest BCUT2D eigenvalue weighted by molar-refractivity contribution is 8.01. The monoisotopic (exact) mass is 322 g/mol. The van der Waals surface area contributed by atoms with Gasteiger partial charge in [-0.25, -0.2) is 4.98 Å². The van der Waals surface area contributed by atoms with E-state index >= 15 is 0 Å². The average Bonchev–Trinajstić information content (AvgIpc) is 3.11. The van der Waals surface area contributed by atoms with Crippen LogP contribution in [-0.2, 0) is 0 Å². The number of ether oxygens (including phenoxy) is 2. The van der Waals surface area contributed by atoms with Crippen molar-refractivity contribution >= 4 is 23.1 Å². The number of fused-ring (bicyclic) bond motifs is 1. The molecule has 1 aromatic carbocycles. The number of hydrogen-bond donors (Lipinski definition) is 1. The van der Waals surface area contributed by atoms with Crippen LogP contribution in [0.4, 0.5) is 0 Å². The van der Waals surface area contributed by atoms with Crippen molar-refractivity contribution in [3.63, 3.8) is 0 Å². The topological polar surface area (TPSA) is 43.4 Å². The maximum atomic E-state index is 5.47. The van der Waals surface area contributed by atoms with E-state index in [-0.39, 0.29) is 6.04 Å². The minimum atomic E-state index is 0.277. The predicted octanol–water partition coefficient (Wildman–Crippen LogP) is 3.62. The molecule has 0 aliphatic carbocycles. The van der Waals surface area contributed by atoms with E-state index < -0.39 is 0 Å². The van der Waals surface area contributed by atoms with Crippen LogP contribution in [0, 0.1) is 6.92 Å². The molecule has 1 N–H and O–H groups in total. The molecule has 0 spiro atoms. The van der Waals surface area contributed by atoms with Crippen molar-refractivity contribution in [2.45, 2.75) is 24.2 Å². The quantitative estimate of drug-likeness (QED) is 0.823. The first kappa shape index (κ1) is 14.7. The first-order valence-electron chi connectivity index (χ1n) is 6.94. The van der Waals surface area contributed by atoms with E-state index in [1.54, 1.807) is 23.1 Å². The Labute approximate surface area is 132 Å². The van der Waals surface area contributed by atoms with E-state index in [4.69, 9.17) is 9.47 Å². The van der Waals surface area contributed by atoms with E-state index in [1.807, 2.05) is 13.0 Å². The second kappa shape index (κ2) is 6.68. The summed E-state index contributed by atoms with van der Waals surface area (Å²) in [7, 11) is 0. The van der Waals surface area contributed by atoms with Gasteiger partial charge in [0.15, 0.2) is 11.5 Å². The summed E-state index contributed by atoms with van der Waals surface area (Å²) in [5.41, 5.74) is 2.31. The molecule has 4 nitrogen and oxygen atoms in total. The van der Waals surface area contributed by atoms with Crippen LogP contribution in [-0.4, -0.2) is 24.1 Å². The lowest BCUT2D eigenvalue weighted by Crippen LogP contribution is -2.22. The molecule has 1 aliphatic rings. The number of rotatable bonds is 6. The maximum absolute atomic E-state index is 5.47. The lowest BCUT2D eigenvalue weighted by molar-refractivity contribution is 0.174. The predicted molar refractivity (Wildman–Crippen MR) is 86.6 cm³/mol. The molecule has 3 rings (SSSR count). The molecule has 2 heterocycles. The summed E-state index contributed by atoms with van der Waals surface area (Å²) in [6, 6.07) is 6.44. The first-order valence-corrected chi connectivity index (χ1v) is 8.80. The fraction of sp³-hybridized carbons (Fsp3) is 0.400. The molecule has 0 saturated heterocycles. The van der Waals surface area contributed by atoms with Crippen molar-refractivity contribution in [2.24, 2.45) is 0 Å². The molecule has 0 radical (unpaired) electrons. The Hall–Kier alpha value is -1.24. The Morgan fingerprint density at radius 3 is 3.00 bits per heavy atom. The molecule has 2 aromatic rings. The van der Waals surface area contributed by atoms with Crippen molar-refractivity contribution in [1.29, 1.82) is 0 Å². The number of nitrogens with zero attached hydrogens (tertiary/aromatic N) is 1. The van der Waals surface area contributed by atoms with Gasteiger partial charge in [0, 0.05) is 22.9 Å². The summed E-state index contributed by atoms with van der Waals surface area (Å²) >= 11 is 3.49. The van der Waals surface area contributed by atoms with Gasteiger partial charge in [0.25, 0.3) is 0 Å². The van der Waals surface area contributed by atoms with Gasteiger partial charge in [-0.1, -0.05) is 24.8 Å². The lowest BCUT2D eigenvalue weighted by Gasteiger charge is -2.17. The molecule has 0 amide bonds. The van der Waals surface area contributed by atoms with Crippen LogP contribution in [0.2, 0.25) is 0 Å². The van der Waals surface area contributed by atoms with Gasteiger partial charge in [-0.2, -0.15) is 0 Å². The van der Waals surface area contributed by atoms with Crippen LogP contribution >= 0.6 is 23.1 Å². The smallest absolute Gasteiger partial charge is 0.231 e. The van der Waals surface area contributed by atoms with Crippen LogP contribution in [0.5, 0.6) is 11.5 Å². The molecule has 1 unspecified atom stereocenters. The summed E-state index contributed by atoms with van der Waals surface area (Å²) in [5, 5.41) is 5.62. The van der Waals surface area contributed by atoms with E-state index in [1.165, 1.54) is 5.56 Å². The molecule has 112 valence electrons. The zero-order valence-electron chi connectivity index (χ0n) is 12.1. The Bertz CT molecular complexity index is 615. The van der Waals surface area contributed by atoms with Gasteiger partial charge in [0.05, 0.1) is 0 Å². The van der Waals surface area contributed by atoms with E-state index in [9.17, 15) is 0 Å². The SMILES string of the molecule is CCNC(CSc1nc(C)cs1)c1ccc2c(c1)OCO2. The number of aromatic nitrogens is 1. The zero-order chi connectivity index (χ0) is 14.7. The summed E-state index contributed by atoms with van der Waals surface area (Å²) < 4.78 is 12.0. The summed E-state index contributed by atoms with van der Waals surface area (Å²) in [6.45, 7) is 5.40. The number of hydrogen-bond acceptors (Lipinski definition) is 6. The first-order chi connectivity index (χ1) is 10.3. The lowest BCUT2D eigenvalue weighted by atomic mass is 10.1. The van der Waals surface area contributed by atoms with Crippen LogP contribution in [0.15, 0.2) is 27.9 Å². The largest absolute Gasteiger partial charge is 0.454 e. The van der Waals surface area contributed by atoms with Crippen molar-refractivity contribution in [3.8, 4) is 11.5 Å². The van der Waals surface area contributed by atoms with Crippen LogP contribution in [0.25, 0.3) is 0 Å². The number of thioether (sulfide) groups is 1. The fourth-order valence-electron chi connectivity index (χ4n) is 2.20. The van der Waals surface area contributed by atoms with Crippen LogP contribution < -0.4 is 14.8 Å². The maximum Gasteiger partial charge on any atom is 0.231 e. The molecular weight excluding hydrogens is 304 g/mol. The van der Waals surface area contributed by atoms with Gasteiger partial charge in [0.1, 0.15) is 4.34 Å². The van der Waals surface area contributed by atoms with Crippen molar-refractivity contribution < 1.29 is 9.47 Å². The summed E-state index contributed by atoms with van der Waals surface area (Å²) in [5.74, 6) is 2.61. The number of thiazole rings is 1. The van der Waals surface area contributed by atoms with Crippen molar-refractivity contribution in [1.82, 2.24) is 10.3 Å². The Morgan fingerprint density at radius 1 is 1.38 bits per heavy atom. The zero-order valence-corrected chi connectivity index (χ0v) is 13.7. The summed E-state index contributed by atoms with van der Waals surface area (Å²) in [4.78, 5) is 4.50. The standard InChI is InChI=1S/C15H18N2O2S2/c1-3-16-12(8-21-15-17-10(2)7-20-15)11-4-5-13-14(6-11)19-9-18-13/h4-7,12,16H,3,8-9H2,1-2H3. The number of aryl methyl sites for hydroxylation is 1. The second-order valence-electron chi connectivity index (χ2n) is 4.79. The molecule has 21 heavy (non-hydrogen) atoms. The highest BCUT2D eigenvalue weighted by Gasteiger charge is 2.18. The molecule has 1 atom stereocenters. The van der Waals surface area contributed by atoms with Crippen LogP contribution in [0.1, 0.15) is 24.2 Å². The normalized spacial score (nSPS) is 14.4. The average molecular weight is 322 g/mol. The van der Waals surface area contributed by atoms with Crippen molar-refractivity contribution in [2.75, 3.05) is 19.1 Å². The van der Waals surface area contributed by atoms with Gasteiger partial charge in [-0.15, -0.1) is 11.3 Å². The fourth-order valence-corrected chi connectivity index (χ4v) is 4.17. The molecule has 1 aliphatic heterocycles. The molecule has 0 fully saturated rings. The third-order valence-corrected chi connectivity index (χ3v) is 5.45. The third kappa shape index (κ3) is 3.51. The van der Waals surface area contributed by atoms with E-state index in [0.29, 0.717) is 6.79 Å². The Kier molecular flexibility index (Phi) is 4.67. The van der Waals surface area contributed by atoms with Gasteiger partial charge >= 0.3 is 0 Å². The van der Waals surface area contributed by atoms with Crippen LogP contribution in [0.3, 0.4) is 0 Å². The van der Waals surface area contributed by atoms with E-state index in [0.717, 1.165) is 33.8 Å². The molecule has 1 aromatic heterocycles. The number of benzene rings is 1. The second-order valence-corrected chi connectivity index (χ2v) is 6.91. The van der Waals surface area contributed by atoms with E-state index in [2.05, 4.69) is 34.7 Å². The van der Waals surface area contributed by atoms with Gasteiger partial charge in [-0.3, -0.25) is 0 Å². The summed E-state index contributed by atoms with van der Waals surface area (Å²) in [6.07, 6.45) is 0. The van der Waals surface area contributed by atoms with Gasteiger partial charge < -0.3 is 14.8 Å². The third-order valence-electron chi connectivity index (χ3n) is 3.22. The Balaban J connectivity index is 1.71. The minimum Gasteiger partial charge on any atom is -0.454 e. The minimum absolute atomic E-state index is 0.277. The highest BCUT2D eigenvalue weighted by atomic mass is 32.2. The molecule has 0 bridgehead atoms. The molecule has 0 saturated carbocycles. The molecular formula is C15H18N2O2S2. The van der Waals surface area contributed by atoms with Crippen molar-refractivity contribution in [3.05, 3.63) is 34.8 Å².